The molecule has 0 spiro atoms. The molecule has 0 unspecified atom stereocenters. The lowest BCUT2D eigenvalue weighted by Gasteiger charge is -2.21. The number of carboxylic acids is 1. The van der Waals surface area contributed by atoms with Crippen LogP contribution in [0.2, 0.25) is 0 Å². The molecule has 94 valence electrons. The highest BCUT2D eigenvalue weighted by Gasteiger charge is 2.28. The van der Waals surface area contributed by atoms with Crippen LogP contribution < -0.4 is 0 Å². The predicted octanol–water partition coefficient (Wildman–Crippen LogP) is 3.68. The van der Waals surface area contributed by atoms with Crippen molar-refractivity contribution in [1.82, 2.24) is 0 Å². The first-order valence-corrected chi connectivity index (χ1v) is 6.88. The second kappa shape index (κ2) is 5.13. The van der Waals surface area contributed by atoms with Crippen molar-refractivity contribution in [3.05, 3.63) is 28.8 Å². The number of carboxylic acid groups (broad SMARTS) is 1. The molecule has 1 rings (SSSR count). The van der Waals surface area contributed by atoms with Crippen molar-refractivity contribution in [1.29, 1.82) is 0 Å². The van der Waals surface area contributed by atoms with Crippen LogP contribution >= 0.6 is 11.8 Å². The molecular formula is C14H20O2S. The van der Waals surface area contributed by atoms with E-state index in [0.717, 1.165) is 5.56 Å². The van der Waals surface area contributed by atoms with Gasteiger partial charge in [0.05, 0.1) is 5.41 Å². The first kappa shape index (κ1) is 14.1. The molecule has 0 aliphatic carbocycles. The first-order valence-electron chi connectivity index (χ1n) is 5.65. The van der Waals surface area contributed by atoms with Crippen molar-refractivity contribution < 1.29 is 9.90 Å². The van der Waals surface area contributed by atoms with E-state index in [1.54, 1.807) is 25.6 Å². The summed E-state index contributed by atoms with van der Waals surface area (Å²) >= 11 is 1.68. The normalized spacial score (nSPS) is 11.6. The van der Waals surface area contributed by atoms with Crippen molar-refractivity contribution in [2.75, 3.05) is 6.26 Å². The van der Waals surface area contributed by atoms with Gasteiger partial charge in [-0.25, -0.2) is 0 Å². The number of hydrogen-bond donors (Lipinski definition) is 1. The molecule has 0 fully saturated rings. The Morgan fingerprint density at radius 1 is 1.29 bits per heavy atom. The molecule has 0 amide bonds. The topological polar surface area (TPSA) is 37.3 Å². The average molecular weight is 252 g/mol. The number of aliphatic carboxylic acids is 1. The maximum atomic E-state index is 11.2. The van der Waals surface area contributed by atoms with Crippen molar-refractivity contribution >= 4 is 17.7 Å². The van der Waals surface area contributed by atoms with Crippen LogP contribution in [0.1, 0.15) is 30.5 Å². The van der Waals surface area contributed by atoms with Crippen molar-refractivity contribution in [2.45, 2.75) is 39.0 Å². The van der Waals surface area contributed by atoms with Gasteiger partial charge in [0, 0.05) is 4.90 Å². The van der Waals surface area contributed by atoms with Crippen LogP contribution in [0.5, 0.6) is 0 Å². The van der Waals surface area contributed by atoms with E-state index in [0.29, 0.717) is 6.42 Å². The Hall–Kier alpha value is -0.960. The van der Waals surface area contributed by atoms with E-state index in [2.05, 4.69) is 26.0 Å². The number of thioether (sulfide) groups is 1. The molecule has 0 radical (unpaired) electrons. The third kappa shape index (κ3) is 3.25. The van der Waals surface area contributed by atoms with Crippen LogP contribution in [0.25, 0.3) is 0 Å². The van der Waals surface area contributed by atoms with Crippen LogP contribution in [0.15, 0.2) is 17.0 Å². The zero-order chi connectivity index (χ0) is 13.2. The maximum Gasteiger partial charge on any atom is 0.309 e. The minimum absolute atomic E-state index is 0.569. The largest absolute Gasteiger partial charge is 0.481 e. The summed E-state index contributed by atoms with van der Waals surface area (Å²) in [6.45, 7) is 7.70. The molecule has 0 saturated carbocycles. The minimum Gasteiger partial charge on any atom is -0.481 e. The van der Waals surface area contributed by atoms with E-state index in [9.17, 15) is 9.90 Å². The number of carbonyl (C=O) groups is 1. The van der Waals surface area contributed by atoms with Gasteiger partial charge in [-0.15, -0.1) is 11.8 Å². The van der Waals surface area contributed by atoms with E-state index >= 15 is 0 Å². The molecule has 1 N–H and O–H groups in total. The number of aryl methyl sites for hydroxylation is 2. The van der Waals surface area contributed by atoms with Gasteiger partial charge in [-0.3, -0.25) is 4.79 Å². The van der Waals surface area contributed by atoms with Gasteiger partial charge in [0.1, 0.15) is 0 Å². The summed E-state index contributed by atoms with van der Waals surface area (Å²) in [7, 11) is 0. The molecule has 2 nitrogen and oxygen atoms in total. The molecule has 3 heteroatoms. The molecule has 0 bridgehead atoms. The first-order chi connectivity index (χ1) is 7.77. The third-order valence-electron chi connectivity index (χ3n) is 3.11. The Labute approximate surface area is 107 Å². The fraction of sp³-hybridized carbons (Fsp3) is 0.500. The lowest BCUT2D eigenvalue weighted by atomic mass is 9.85. The summed E-state index contributed by atoms with van der Waals surface area (Å²) in [5, 5.41) is 9.18. The highest BCUT2D eigenvalue weighted by molar-refractivity contribution is 7.98. The van der Waals surface area contributed by atoms with Crippen LogP contribution in [-0.4, -0.2) is 17.3 Å². The molecule has 1 aromatic carbocycles. The summed E-state index contributed by atoms with van der Waals surface area (Å²) in [5.41, 5.74) is 2.89. The highest BCUT2D eigenvalue weighted by Crippen LogP contribution is 2.30. The molecule has 0 aliphatic heterocycles. The molecule has 0 saturated heterocycles. The number of rotatable bonds is 4. The quantitative estimate of drug-likeness (QED) is 0.831. The van der Waals surface area contributed by atoms with Gasteiger partial charge in [-0.1, -0.05) is 6.07 Å². The Kier molecular flexibility index (Phi) is 4.26. The van der Waals surface area contributed by atoms with Gasteiger partial charge in [0.2, 0.25) is 0 Å². The van der Waals surface area contributed by atoms with Gasteiger partial charge in [0.15, 0.2) is 0 Å². The smallest absolute Gasteiger partial charge is 0.309 e. The van der Waals surface area contributed by atoms with Gasteiger partial charge in [0.25, 0.3) is 0 Å². The predicted molar refractivity (Wildman–Crippen MR) is 72.8 cm³/mol. The van der Waals surface area contributed by atoms with Crippen LogP contribution in [0.4, 0.5) is 0 Å². The van der Waals surface area contributed by atoms with Crippen LogP contribution in [-0.2, 0) is 11.2 Å². The summed E-state index contributed by atoms with van der Waals surface area (Å²) in [5.74, 6) is -0.747. The molecule has 0 aromatic heterocycles. The van der Waals surface area contributed by atoms with E-state index in [1.165, 1.54) is 16.0 Å². The van der Waals surface area contributed by atoms with Gasteiger partial charge < -0.3 is 5.11 Å². The highest BCUT2D eigenvalue weighted by atomic mass is 32.2. The fourth-order valence-corrected chi connectivity index (χ4v) is 2.42. The van der Waals surface area contributed by atoms with Crippen LogP contribution in [0, 0.1) is 19.3 Å². The molecular weight excluding hydrogens is 232 g/mol. The summed E-state index contributed by atoms with van der Waals surface area (Å²) in [6.07, 6.45) is 2.60. The molecule has 17 heavy (non-hydrogen) atoms. The number of hydrogen-bond acceptors (Lipinski definition) is 2. The maximum absolute atomic E-state index is 11.2. The standard InChI is InChI=1S/C14H20O2S/c1-9-6-11(8-14(3,4)13(15)16)12(17-5)7-10(9)2/h6-7H,8H2,1-5H3,(H,15,16). The second-order valence-corrected chi connectivity index (χ2v) is 5.96. The Balaban J connectivity index is 3.14. The zero-order valence-corrected chi connectivity index (χ0v) is 11.9. The van der Waals surface area contributed by atoms with Gasteiger partial charge in [-0.05, 0) is 63.1 Å². The van der Waals surface area contributed by atoms with Crippen molar-refractivity contribution in [2.24, 2.45) is 5.41 Å². The number of benzene rings is 1. The van der Waals surface area contributed by atoms with E-state index in [-0.39, 0.29) is 0 Å². The molecule has 1 aromatic rings. The Morgan fingerprint density at radius 3 is 2.29 bits per heavy atom. The summed E-state index contributed by atoms with van der Waals surface area (Å²) < 4.78 is 0. The molecule has 0 heterocycles. The van der Waals surface area contributed by atoms with E-state index in [1.807, 2.05) is 6.26 Å². The summed E-state index contributed by atoms with van der Waals surface area (Å²) in [4.78, 5) is 12.4. The Morgan fingerprint density at radius 2 is 1.82 bits per heavy atom. The van der Waals surface area contributed by atoms with Crippen molar-refractivity contribution in [3.8, 4) is 0 Å². The zero-order valence-electron chi connectivity index (χ0n) is 11.1. The van der Waals surface area contributed by atoms with E-state index in [4.69, 9.17) is 0 Å². The summed E-state index contributed by atoms with van der Waals surface area (Å²) in [6, 6.07) is 4.26. The van der Waals surface area contributed by atoms with E-state index < -0.39 is 11.4 Å². The minimum atomic E-state index is -0.747. The molecule has 0 atom stereocenters. The van der Waals surface area contributed by atoms with Crippen molar-refractivity contribution in [3.63, 3.8) is 0 Å². The molecule has 0 aliphatic rings. The van der Waals surface area contributed by atoms with Gasteiger partial charge >= 0.3 is 5.97 Å². The monoisotopic (exact) mass is 252 g/mol. The lowest BCUT2D eigenvalue weighted by molar-refractivity contribution is -0.146. The second-order valence-electron chi connectivity index (χ2n) is 5.11. The SMILES string of the molecule is CSc1cc(C)c(C)cc1CC(C)(C)C(=O)O. The van der Waals surface area contributed by atoms with Crippen LogP contribution in [0.3, 0.4) is 0 Å². The average Bonchev–Trinajstić information content (AvgIpc) is 2.22. The lowest BCUT2D eigenvalue weighted by Crippen LogP contribution is -2.26. The van der Waals surface area contributed by atoms with Gasteiger partial charge in [-0.2, -0.15) is 0 Å². The third-order valence-corrected chi connectivity index (χ3v) is 3.93. The Bertz CT molecular complexity index is 436. The fourth-order valence-electron chi connectivity index (χ4n) is 1.73.